The SMILES string of the molecule is C=C([O-])c1ccc2c(c1)OCCO2.[Li+]. The Labute approximate surface area is 94.5 Å². The van der Waals surface area contributed by atoms with E-state index in [0.717, 1.165) is 0 Å². The molecule has 0 saturated heterocycles. The number of hydrogen-bond acceptors (Lipinski definition) is 3. The number of ether oxygens (including phenoxy) is 2. The van der Waals surface area contributed by atoms with Gasteiger partial charge in [-0.2, -0.15) is 0 Å². The van der Waals surface area contributed by atoms with Gasteiger partial charge < -0.3 is 14.6 Å². The van der Waals surface area contributed by atoms with Gasteiger partial charge in [0.15, 0.2) is 11.5 Å². The summed E-state index contributed by atoms with van der Waals surface area (Å²) in [6.45, 7) is 4.41. The van der Waals surface area contributed by atoms with Gasteiger partial charge in [-0.15, -0.1) is 12.3 Å². The molecule has 3 nitrogen and oxygen atoms in total. The maximum atomic E-state index is 10.9. The summed E-state index contributed by atoms with van der Waals surface area (Å²) in [5.41, 5.74) is 0.546. The average molecular weight is 184 g/mol. The van der Waals surface area contributed by atoms with Crippen molar-refractivity contribution < 1.29 is 33.4 Å². The molecule has 14 heavy (non-hydrogen) atoms. The van der Waals surface area contributed by atoms with Crippen LogP contribution in [0, 0.1) is 0 Å². The van der Waals surface area contributed by atoms with E-state index in [2.05, 4.69) is 6.58 Å². The molecule has 0 aromatic heterocycles. The second-order valence-corrected chi connectivity index (χ2v) is 2.78. The molecule has 4 heteroatoms. The fourth-order valence-electron chi connectivity index (χ4n) is 1.22. The van der Waals surface area contributed by atoms with Gasteiger partial charge >= 0.3 is 18.9 Å². The van der Waals surface area contributed by atoms with E-state index >= 15 is 0 Å². The third-order valence-corrected chi connectivity index (χ3v) is 1.86. The topological polar surface area (TPSA) is 41.5 Å². The Morgan fingerprint density at radius 2 is 1.86 bits per heavy atom. The standard InChI is InChI=1S/C10H10O3.Li/c1-7(11)8-2-3-9-10(6-8)13-5-4-12-9;/h2-3,6,11H,1,4-5H2;/q;+1/p-1. The molecule has 1 aromatic carbocycles. The smallest absolute Gasteiger partial charge is 0.872 e. The molecule has 68 valence electrons. The van der Waals surface area contributed by atoms with Crippen LogP contribution in [-0.2, 0) is 0 Å². The fraction of sp³-hybridized carbons (Fsp3) is 0.200. The largest absolute Gasteiger partial charge is 1.00 e. The van der Waals surface area contributed by atoms with Crippen molar-refractivity contribution in [3.63, 3.8) is 0 Å². The normalized spacial score (nSPS) is 12.9. The summed E-state index contributed by atoms with van der Waals surface area (Å²) in [5.74, 6) is 1.11. The van der Waals surface area contributed by atoms with E-state index in [-0.39, 0.29) is 24.6 Å². The molecule has 1 aliphatic rings. The first-order chi connectivity index (χ1) is 6.27. The van der Waals surface area contributed by atoms with Gasteiger partial charge in [0, 0.05) is 0 Å². The second kappa shape index (κ2) is 4.45. The summed E-state index contributed by atoms with van der Waals surface area (Å²) in [4.78, 5) is 0. The Bertz CT molecular complexity index is 349. The first-order valence-corrected chi connectivity index (χ1v) is 4.03. The zero-order valence-corrected chi connectivity index (χ0v) is 8.08. The zero-order chi connectivity index (χ0) is 9.26. The van der Waals surface area contributed by atoms with Crippen molar-refractivity contribution in [2.45, 2.75) is 0 Å². The van der Waals surface area contributed by atoms with Crippen molar-refractivity contribution in [3.05, 3.63) is 30.3 Å². The Morgan fingerprint density at radius 3 is 2.50 bits per heavy atom. The van der Waals surface area contributed by atoms with Gasteiger partial charge in [0.05, 0.1) is 0 Å². The zero-order valence-electron chi connectivity index (χ0n) is 8.08. The van der Waals surface area contributed by atoms with Crippen molar-refractivity contribution in [3.8, 4) is 11.5 Å². The van der Waals surface area contributed by atoms with Gasteiger partial charge in [-0.05, 0) is 17.7 Å². The van der Waals surface area contributed by atoms with Crippen molar-refractivity contribution in [1.29, 1.82) is 0 Å². The van der Waals surface area contributed by atoms with Crippen molar-refractivity contribution in [2.24, 2.45) is 0 Å². The van der Waals surface area contributed by atoms with E-state index < -0.39 is 0 Å². The monoisotopic (exact) mass is 184 g/mol. The number of hydrogen-bond donors (Lipinski definition) is 0. The van der Waals surface area contributed by atoms with Crippen LogP contribution in [-0.4, -0.2) is 13.2 Å². The quantitative estimate of drug-likeness (QED) is 0.367. The number of benzene rings is 1. The number of rotatable bonds is 1. The van der Waals surface area contributed by atoms with Crippen molar-refractivity contribution in [2.75, 3.05) is 13.2 Å². The van der Waals surface area contributed by atoms with Crippen molar-refractivity contribution in [1.82, 2.24) is 0 Å². The van der Waals surface area contributed by atoms with Crippen LogP contribution in [0.4, 0.5) is 0 Å². The molecular formula is C10H9LiO3. The fourth-order valence-corrected chi connectivity index (χ4v) is 1.22. The minimum absolute atomic E-state index is 0. The maximum absolute atomic E-state index is 10.9. The molecule has 0 fully saturated rings. The molecule has 0 atom stereocenters. The third-order valence-electron chi connectivity index (χ3n) is 1.86. The summed E-state index contributed by atoms with van der Waals surface area (Å²) in [6.07, 6.45) is 0. The molecule has 0 aliphatic carbocycles. The first kappa shape index (κ1) is 11.0. The van der Waals surface area contributed by atoms with Crippen LogP contribution in [0.5, 0.6) is 11.5 Å². The molecule has 1 aromatic rings. The van der Waals surface area contributed by atoms with Crippen LogP contribution in [0.1, 0.15) is 5.56 Å². The van der Waals surface area contributed by atoms with E-state index in [4.69, 9.17) is 9.47 Å². The Hall–Kier alpha value is -1.04. The van der Waals surface area contributed by atoms with Crippen LogP contribution in [0.3, 0.4) is 0 Å². The van der Waals surface area contributed by atoms with Gasteiger partial charge in [-0.1, -0.05) is 6.07 Å². The Morgan fingerprint density at radius 1 is 1.21 bits per heavy atom. The maximum Gasteiger partial charge on any atom is 1.00 e. The van der Waals surface area contributed by atoms with Gasteiger partial charge in [-0.3, -0.25) is 0 Å². The molecule has 0 N–H and O–H groups in total. The van der Waals surface area contributed by atoms with E-state index in [1.807, 2.05) is 0 Å². The molecule has 2 rings (SSSR count). The van der Waals surface area contributed by atoms with Crippen molar-refractivity contribution >= 4 is 5.76 Å². The molecule has 0 bridgehead atoms. The van der Waals surface area contributed by atoms with Gasteiger partial charge in [0.25, 0.3) is 0 Å². The third kappa shape index (κ3) is 2.06. The molecule has 0 radical (unpaired) electrons. The van der Waals surface area contributed by atoms with Crippen LogP contribution in [0.2, 0.25) is 0 Å². The minimum Gasteiger partial charge on any atom is -0.872 e. The molecule has 0 amide bonds. The Kier molecular flexibility index (Phi) is 3.51. The minimum atomic E-state index is -0.211. The molecule has 0 saturated carbocycles. The summed E-state index contributed by atoms with van der Waals surface area (Å²) < 4.78 is 10.6. The summed E-state index contributed by atoms with van der Waals surface area (Å²) in [5, 5.41) is 10.9. The van der Waals surface area contributed by atoms with Crippen LogP contribution >= 0.6 is 0 Å². The second-order valence-electron chi connectivity index (χ2n) is 2.78. The molecule has 0 spiro atoms. The molecular weight excluding hydrogens is 175 g/mol. The van der Waals surface area contributed by atoms with E-state index in [9.17, 15) is 5.11 Å². The average Bonchev–Trinajstić information content (AvgIpc) is 2.17. The van der Waals surface area contributed by atoms with Crippen LogP contribution in [0.25, 0.3) is 5.76 Å². The van der Waals surface area contributed by atoms with E-state index in [1.54, 1.807) is 18.2 Å². The summed E-state index contributed by atoms with van der Waals surface area (Å²) in [6, 6.07) is 5.07. The van der Waals surface area contributed by atoms with Gasteiger partial charge in [-0.25, -0.2) is 0 Å². The van der Waals surface area contributed by atoms with E-state index in [1.165, 1.54) is 0 Å². The van der Waals surface area contributed by atoms with Crippen LogP contribution < -0.4 is 33.4 Å². The number of fused-ring (bicyclic) bond motifs is 1. The summed E-state index contributed by atoms with van der Waals surface area (Å²) in [7, 11) is 0. The van der Waals surface area contributed by atoms with Gasteiger partial charge in [0.1, 0.15) is 13.2 Å². The van der Waals surface area contributed by atoms with Gasteiger partial charge in [0.2, 0.25) is 0 Å². The molecule has 1 aliphatic heterocycles. The summed E-state index contributed by atoms with van der Waals surface area (Å²) >= 11 is 0. The Balaban J connectivity index is 0.000000980. The molecule has 0 unspecified atom stereocenters. The van der Waals surface area contributed by atoms with Crippen LogP contribution in [0.15, 0.2) is 24.8 Å². The first-order valence-electron chi connectivity index (χ1n) is 4.03. The molecule has 1 heterocycles. The van der Waals surface area contributed by atoms with E-state index in [0.29, 0.717) is 30.3 Å². The predicted octanol–water partition coefficient (Wildman–Crippen LogP) is -2.21. The predicted molar refractivity (Wildman–Crippen MR) is 46.5 cm³/mol.